The largest absolute Gasteiger partial charge is 0.366 e. The number of primary amides is 1. The molecule has 1 amide bonds. The van der Waals surface area contributed by atoms with Crippen molar-refractivity contribution < 1.29 is 13.2 Å². The molecule has 2 aromatic heterocycles. The van der Waals surface area contributed by atoms with E-state index in [1.807, 2.05) is 53.0 Å². The highest BCUT2D eigenvalue weighted by Crippen LogP contribution is 2.21. The Bertz CT molecular complexity index is 1410. The van der Waals surface area contributed by atoms with Gasteiger partial charge in [-0.1, -0.05) is 30.3 Å². The summed E-state index contributed by atoms with van der Waals surface area (Å²) in [6.07, 6.45) is 6.61. The molecule has 0 radical (unpaired) electrons. The highest BCUT2D eigenvalue weighted by molar-refractivity contribution is 7.89. The first-order valence-electron chi connectivity index (χ1n) is 11.4. The Kier molecular flexibility index (Phi) is 7.51. The first-order chi connectivity index (χ1) is 17.2. The first-order valence-corrected chi connectivity index (χ1v) is 12.8. The predicted molar refractivity (Wildman–Crippen MR) is 136 cm³/mol. The van der Waals surface area contributed by atoms with Crippen LogP contribution in [0.5, 0.6) is 0 Å². The van der Waals surface area contributed by atoms with Gasteiger partial charge in [-0.05, 0) is 29.8 Å². The topological polar surface area (TPSA) is 119 Å². The highest BCUT2D eigenvalue weighted by atomic mass is 32.2. The van der Waals surface area contributed by atoms with Gasteiger partial charge in [-0.25, -0.2) is 18.4 Å². The fourth-order valence-electron chi connectivity index (χ4n) is 3.84. The van der Waals surface area contributed by atoms with Crippen LogP contribution in [0.25, 0.3) is 0 Å². The summed E-state index contributed by atoms with van der Waals surface area (Å²) in [5.74, 6) is -0.506. The van der Waals surface area contributed by atoms with Crippen LogP contribution in [0.15, 0.2) is 84.7 Å². The number of nitrogens with zero attached hydrogens (tertiary/aromatic N) is 6. The second-order valence-corrected chi connectivity index (χ2v) is 10.4. The molecule has 0 saturated carbocycles. The zero-order valence-electron chi connectivity index (χ0n) is 20.2. The van der Waals surface area contributed by atoms with E-state index in [1.165, 1.54) is 16.8 Å². The van der Waals surface area contributed by atoms with Crippen LogP contribution in [-0.4, -0.2) is 50.8 Å². The number of carbonyl (C=O) groups is 1. The molecule has 188 valence electrons. The number of hydrogen-bond donors (Lipinski definition) is 1. The van der Waals surface area contributed by atoms with E-state index in [2.05, 4.69) is 9.97 Å². The maximum Gasteiger partial charge on any atom is 0.262 e. The van der Waals surface area contributed by atoms with E-state index in [4.69, 9.17) is 5.73 Å². The number of amides is 1. The van der Waals surface area contributed by atoms with Gasteiger partial charge < -0.3 is 19.8 Å². The fourth-order valence-corrected chi connectivity index (χ4v) is 5.22. The minimum atomic E-state index is -3.85. The van der Waals surface area contributed by atoms with Crippen molar-refractivity contribution in [2.24, 2.45) is 19.8 Å². The van der Waals surface area contributed by atoms with Crippen molar-refractivity contribution >= 4 is 21.6 Å². The second-order valence-electron chi connectivity index (χ2n) is 8.56. The summed E-state index contributed by atoms with van der Waals surface area (Å²) in [6.45, 7) is 1.25. The molecule has 2 aromatic carbocycles. The Hall–Kier alpha value is -3.96. The summed E-state index contributed by atoms with van der Waals surface area (Å²) in [4.78, 5) is 22.1. The number of rotatable bonds is 11. The van der Waals surface area contributed by atoms with Crippen molar-refractivity contribution in [3.05, 3.63) is 96.5 Å². The Morgan fingerprint density at radius 3 is 2.14 bits per heavy atom. The zero-order valence-corrected chi connectivity index (χ0v) is 21.0. The monoisotopic (exact) mass is 507 g/mol. The van der Waals surface area contributed by atoms with Gasteiger partial charge in [0.25, 0.3) is 10.0 Å². The molecule has 0 bridgehead atoms. The molecule has 0 aliphatic rings. The van der Waals surface area contributed by atoms with E-state index < -0.39 is 15.9 Å². The summed E-state index contributed by atoms with van der Waals surface area (Å²) >= 11 is 0. The van der Waals surface area contributed by atoms with Crippen molar-refractivity contribution in [1.82, 2.24) is 23.4 Å². The van der Waals surface area contributed by atoms with Gasteiger partial charge in [-0.15, -0.1) is 0 Å². The molecule has 0 aliphatic carbocycles. The average Bonchev–Trinajstić information content (AvgIpc) is 3.49. The molecule has 4 rings (SSSR count). The van der Waals surface area contributed by atoms with Crippen LogP contribution in [0.3, 0.4) is 0 Å². The summed E-state index contributed by atoms with van der Waals surface area (Å²) in [7, 11) is -0.223. The molecule has 0 aliphatic heterocycles. The van der Waals surface area contributed by atoms with E-state index in [1.54, 1.807) is 42.2 Å². The molecule has 10 nitrogen and oxygen atoms in total. The van der Waals surface area contributed by atoms with E-state index in [9.17, 15) is 13.2 Å². The highest BCUT2D eigenvalue weighted by Gasteiger charge is 2.27. The summed E-state index contributed by atoms with van der Waals surface area (Å²) in [5.41, 5.74) is 8.33. The van der Waals surface area contributed by atoms with Crippen molar-refractivity contribution in [3.8, 4) is 0 Å². The third kappa shape index (κ3) is 5.99. The SMILES string of the molecule is Cn1cnc(CN(CCN(Cc2ccccc2)S(=O)(=O)c2cn(C)cn2)c2ccc(C(N)=O)cc2)c1. The molecule has 0 fully saturated rings. The van der Waals surface area contributed by atoms with Crippen LogP contribution < -0.4 is 10.6 Å². The Balaban J connectivity index is 1.62. The number of benzene rings is 2. The van der Waals surface area contributed by atoms with Crippen LogP contribution in [0.1, 0.15) is 21.6 Å². The van der Waals surface area contributed by atoms with Crippen LogP contribution >= 0.6 is 0 Å². The smallest absolute Gasteiger partial charge is 0.262 e. The number of aromatic nitrogens is 4. The molecule has 36 heavy (non-hydrogen) atoms. The molecule has 4 aromatic rings. The number of hydrogen-bond acceptors (Lipinski definition) is 6. The van der Waals surface area contributed by atoms with Gasteiger partial charge in [-0.2, -0.15) is 4.31 Å². The molecule has 0 spiro atoms. The summed E-state index contributed by atoms with van der Waals surface area (Å²) < 4.78 is 32.0. The fraction of sp³-hybridized carbons (Fsp3) is 0.240. The van der Waals surface area contributed by atoms with E-state index in [-0.39, 0.29) is 18.1 Å². The molecular formula is C25H29N7O3S. The Morgan fingerprint density at radius 2 is 1.56 bits per heavy atom. The maximum absolute atomic E-state index is 13.5. The van der Waals surface area contributed by atoms with Gasteiger partial charge in [0.2, 0.25) is 5.91 Å². The van der Waals surface area contributed by atoms with Crippen molar-refractivity contribution in [2.45, 2.75) is 18.1 Å². The normalized spacial score (nSPS) is 11.6. The number of carbonyl (C=O) groups excluding carboxylic acids is 1. The number of aryl methyl sites for hydroxylation is 2. The summed E-state index contributed by atoms with van der Waals surface area (Å²) in [5, 5.41) is 0.00279. The maximum atomic E-state index is 13.5. The van der Waals surface area contributed by atoms with Gasteiger partial charge >= 0.3 is 0 Å². The van der Waals surface area contributed by atoms with E-state index in [0.717, 1.165) is 16.9 Å². The second kappa shape index (κ2) is 10.8. The first kappa shape index (κ1) is 25.1. The lowest BCUT2D eigenvalue weighted by atomic mass is 10.2. The van der Waals surface area contributed by atoms with Crippen LogP contribution in [0.4, 0.5) is 5.69 Å². The van der Waals surface area contributed by atoms with Gasteiger partial charge in [0.05, 0.1) is 24.9 Å². The Morgan fingerprint density at radius 1 is 0.889 bits per heavy atom. The van der Waals surface area contributed by atoms with Crippen LogP contribution in [0.2, 0.25) is 0 Å². The number of imidazole rings is 2. The average molecular weight is 508 g/mol. The number of sulfonamides is 1. The van der Waals surface area contributed by atoms with Crippen molar-refractivity contribution in [3.63, 3.8) is 0 Å². The molecule has 11 heteroatoms. The van der Waals surface area contributed by atoms with Gasteiger partial charge in [-0.3, -0.25) is 4.79 Å². The molecule has 0 atom stereocenters. The minimum absolute atomic E-state index is 0.00279. The van der Waals surface area contributed by atoms with E-state index >= 15 is 0 Å². The number of anilines is 1. The lowest BCUT2D eigenvalue weighted by molar-refractivity contribution is 0.100. The quantitative estimate of drug-likeness (QED) is 0.332. The third-order valence-electron chi connectivity index (χ3n) is 5.73. The minimum Gasteiger partial charge on any atom is -0.366 e. The molecular weight excluding hydrogens is 478 g/mol. The molecule has 0 unspecified atom stereocenters. The standard InChI is InChI=1S/C25H29N7O3S/c1-29-15-22(27-18-29)16-31(23-10-8-21(9-11-23)25(26)33)12-13-32(14-20-6-4-3-5-7-20)36(34,35)24-17-30(2)19-28-24/h3-11,15,17-19H,12-14,16H2,1-2H3,(H2,26,33). The lowest BCUT2D eigenvalue weighted by Gasteiger charge is -2.28. The zero-order chi connectivity index (χ0) is 25.7. The van der Waals surface area contributed by atoms with Crippen molar-refractivity contribution in [2.75, 3.05) is 18.0 Å². The molecule has 2 heterocycles. The Labute approximate surface area is 210 Å². The predicted octanol–water partition coefficient (Wildman–Crippen LogP) is 2.15. The molecule has 2 N–H and O–H groups in total. The number of nitrogens with two attached hydrogens (primary N) is 1. The molecule has 0 saturated heterocycles. The van der Waals surface area contributed by atoms with Crippen LogP contribution in [0, 0.1) is 0 Å². The van der Waals surface area contributed by atoms with E-state index in [0.29, 0.717) is 18.7 Å². The van der Waals surface area contributed by atoms with Gasteiger partial charge in [0.1, 0.15) is 0 Å². The van der Waals surface area contributed by atoms with Crippen LogP contribution in [-0.2, 0) is 37.2 Å². The summed E-state index contributed by atoms with van der Waals surface area (Å²) in [6, 6.07) is 16.4. The van der Waals surface area contributed by atoms with Gasteiger partial charge in [0, 0.05) is 57.4 Å². The van der Waals surface area contributed by atoms with Crippen molar-refractivity contribution in [1.29, 1.82) is 0 Å². The third-order valence-corrected chi connectivity index (χ3v) is 7.47. The lowest BCUT2D eigenvalue weighted by Crippen LogP contribution is -2.38. The van der Waals surface area contributed by atoms with Gasteiger partial charge in [0.15, 0.2) is 5.03 Å².